The quantitative estimate of drug-likeness (QED) is 0.862. The summed E-state index contributed by atoms with van der Waals surface area (Å²) in [6.07, 6.45) is 0.600. The summed E-state index contributed by atoms with van der Waals surface area (Å²) in [6.45, 7) is 0.342. The van der Waals surface area contributed by atoms with Gasteiger partial charge in [-0.05, 0) is 31.0 Å². The zero-order valence-corrected chi connectivity index (χ0v) is 12.0. The van der Waals surface area contributed by atoms with Crippen molar-refractivity contribution in [3.63, 3.8) is 0 Å². The predicted octanol–water partition coefficient (Wildman–Crippen LogP) is 1.01. The molecule has 0 aromatic heterocycles. The van der Waals surface area contributed by atoms with Gasteiger partial charge in [-0.15, -0.1) is 0 Å². The van der Waals surface area contributed by atoms with E-state index in [0.29, 0.717) is 24.1 Å². The molecule has 0 saturated carbocycles. The van der Waals surface area contributed by atoms with Crippen LogP contribution in [0.5, 0.6) is 0 Å². The first-order valence-corrected chi connectivity index (χ1v) is 7.87. The molecule has 1 heterocycles. The van der Waals surface area contributed by atoms with E-state index < -0.39 is 22.1 Å². The summed E-state index contributed by atoms with van der Waals surface area (Å²) < 4.78 is 28.1. The largest absolute Gasteiger partial charge is 0.481 e. The molecule has 0 aliphatic carbocycles. The average molecular weight is 309 g/mol. The van der Waals surface area contributed by atoms with Gasteiger partial charge in [0.05, 0.1) is 23.2 Å². The number of hydrogen-bond donors (Lipinski definition) is 2. The highest BCUT2D eigenvalue weighted by Gasteiger charge is 2.30. The molecular weight excluding hydrogens is 294 g/mol. The lowest BCUT2D eigenvalue weighted by molar-refractivity contribution is -0.142. The van der Waals surface area contributed by atoms with E-state index in [4.69, 9.17) is 10.4 Å². The number of carboxylic acid groups (broad SMARTS) is 1. The standard InChI is InChI=1S/C13H15N3O4S/c14-9-10-2-1-3-12(8-10)15-21(19,20)16-6-4-11(5-7-16)13(17)18/h1-3,8,11,15H,4-7H2,(H,17,18). The van der Waals surface area contributed by atoms with E-state index in [9.17, 15) is 13.2 Å². The van der Waals surface area contributed by atoms with Gasteiger partial charge < -0.3 is 5.11 Å². The van der Waals surface area contributed by atoms with Gasteiger partial charge in [-0.25, -0.2) is 0 Å². The van der Waals surface area contributed by atoms with Gasteiger partial charge in [0.2, 0.25) is 0 Å². The molecule has 1 aromatic rings. The van der Waals surface area contributed by atoms with Crippen LogP contribution in [0.15, 0.2) is 24.3 Å². The van der Waals surface area contributed by atoms with Gasteiger partial charge in [-0.3, -0.25) is 9.52 Å². The Kier molecular flexibility index (Phi) is 4.45. The monoisotopic (exact) mass is 309 g/mol. The number of piperidine rings is 1. The Morgan fingerprint density at radius 1 is 1.38 bits per heavy atom. The Hall–Kier alpha value is -2.11. The fourth-order valence-corrected chi connectivity index (χ4v) is 3.45. The van der Waals surface area contributed by atoms with Crippen molar-refractivity contribution >= 4 is 21.9 Å². The molecule has 1 saturated heterocycles. The molecule has 0 bridgehead atoms. The lowest BCUT2D eigenvalue weighted by Gasteiger charge is -2.29. The third-order valence-electron chi connectivity index (χ3n) is 3.38. The van der Waals surface area contributed by atoms with Crippen LogP contribution in [0.3, 0.4) is 0 Å². The van der Waals surface area contributed by atoms with E-state index in [-0.39, 0.29) is 13.1 Å². The van der Waals surface area contributed by atoms with Crippen molar-refractivity contribution in [1.82, 2.24) is 4.31 Å². The summed E-state index contributed by atoms with van der Waals surface area (Å²) in [6, 6.07) is 8.11. The Balaban J connectivity index is 2.06. The summed E-state index contributed by atoms with van der Waals surface area (Å²) in [5.74, 6) is -1.37. The molecule has 21 heavy (non-hydrogen) atoms. The van der Waals surface area contributed by atoms with Crippen LogP contribution in [0.2, 0.25) is 0 Å². The Morgan fingerprint density at radius 3 is 2.62 bits per heavy atom. The first kappa shape index (κ1) is 15.3. The molecule has 1 aliphatic heterocycles. The minimum absolute atomic E-state index is 0.171. The maximum Gasteiger partial charge on any atom is 0.306 e. The topological polar surface area (TPSA) is 111 Å². The number of nitrogens with zero attached hydrogens (tertiary/aromatic N) is 2. The maximum atomic E-state index is 12.2. The summed E-state index contributed by atoms with van der Waals surface area (Å²) >= 11 is 0. The van der Waals surface area contributed by atoms with Crippen LogP contribution < -0.4 is 4.72 Å². The van der Waals surface area contributed by atoms with Crippen LogP contribution in [0.25, 0.3) is 0 Å². The number of benzene rings is 1. The van der Waals surface area contributed by atoms with Crippen molar-refractivity contribution in [3.8, 4) is 6.07 Å². The zero-order chi connectivity index (χ0) is 15.5. The fraction of sp³-hybridized carbons (Fsp3) is 0.385. The minimum atomic E-state index is -3.73. The van der Waals surface area contributed by atoms with E-state index in [2.05, 4.69) is 4.72 Å². The molecule has 8 heteroatoms. The molecule has 7 nitrogen and oxygen atoms in total. The van der Waals surface area contributed by atoms with Crippen molar-refractivity contribution in [2.75, 3.05) is 17.8 Å². The van der Waals surface area contributed by atoms with Crippen molar-refractivity contribution in [2.45, 2.75) is 12.8 Å². The number of anilines is 1. The number of carbonyl (C=O) groups is 1. The van der Waals surface area contributed by atoms with Gasteiger partial charge in [0.25, 0.3) is 0 Å². The van der Waals surface area contributed by atoms with Crippen molar-refractivity contribution in [2.24, 2.45) is 5.92 Å². The second-order valence-corrected chi connectivity index (χ2v) is 6.48. The van der Waals surface area contributed by atoms with E-state index in [1.54, 1.807) is 18.2 Å². The van der Waals surface area contributed by atoms with Crippen molar-refractivity contribution in [3.05, 3.63) is 29.8 Å². The number of hydrogen-bond acceptors (Lipinski definition) is 4. The number of carboxylic acids is 1. The molecule has 1 fully saturated rings. The van der Waals surface area contributed by atoms with Gasteiger partial charge in [0.15, 0.2) is 0 Å². The highest BCUT2D eigenvalue weighted by molar-refractivity contribution is 7.90. The molecule has 2 N–H and O–H groups in total. The smallest absolute Gasteiger partial charge is 0.306 e. The average Bonchev–Trinajstić information content (AvgIpc) is 2.47. The van der Waals surface area contributed by atoms with Crippen LogP contribution in [-0.4, -0.2) is 36.9 Å². The molecular formula is C13H15N3O4S. The van der Waals surface area contributed by atoms with E-state index in [1.165, 1.54) is 10.4 Å². The van der Waals surface area contributed by atoms with E-state index >= 15 is 0 Å². The molecule has 1 aromatic carbocycles. The molecule has 2 rings (SSSR count). The summed E-state index contributed by atoms with van der Waals surface area (Å²) in [5, 5.41) is 17.7. The minimum Gasteiger partial charge on any atom is -0.481 e. The molecule has 0 radical (unpaired) electrons. The van der Waals surface area contributed by atoms with Gasteiger partial charge in [0, 0.05) is 13.1 Å². The Morgan fingerprint density at radius 2 is 2.05 bits per heavy atom. The summed E-state index contributed by atoms with van der Waals surface area (Å²) in [5.41, 5.74) is 0.675. The molecule has 0 spiro atoms. The second kappa shape index (κ2) is 6.11. The molecule has 0 atom stereocenters. The van der Waals surface area contributed by atoms with Crippen LogP contribution in [0.1, 0.15) is 18.4 Å². The maximum absolute atomic E-state index is 12.2. The molecule has 0 unspecified atom stereocenters. The zero-order valence-electron chi connectivity index (χ0n) is 11.2. The number of rotatable bonds is 4. The Bertz CT molecular complexity index is 673. The van der Waals surface area contributed by atoms with Gasteiger partial charge >= 0.3 is 16.2 Å². The second-order valence-electron chi connectivity index (χ2n) is 4.81. The van der Waals surface area contributed by atoms with Crippen molar-refractivity contribution < 1.29 is 18.3 Å². The summed E-state index contributed by atoms with van der Waals surface area (Å²) in [4.78, 5) is 10.9. The van der Waals surface area contributed by atoms with E-state index in [1.807, 2.05) is 6.07 Å². The third kappa shape index (κ3) is 3.71. The third-order valence-corrected chi connectivity index (χ3v) is 4.92. The normalized spacial score (nSPS) is 17.1. The fourth-order valence-electron chi connectivity index (χ4n) is 2.21. The lowest BCUT2D eigenvalue weighted by atomic mass is 9.99. The van der Waals surface area contributed by atoms with Crippen molar-refractivity contribution in [1.29, 1.82) is 5.26 Å². The van der Waals surface area contributed by atoms with E-state index in [0.717, 1.165) is 0 Å². The lowest BCUT2D eigenvalue weighted by Crippen LogP contribution is -2.42. The number of nitrogens with one attached hydrogen (secondary N) is 1. The van der Waals surface area contributed by atoms with Gasteiger partial charge in [0.1, 0.15) is 0 Å². The first-order valence-electron chi connectivity index (χ1n) is 6.43. The van der Waals surface area contributed by atoms with Crippen LogP contribution in [0, 0.1) is 17.2 Å². The van der Waals surface area contributed by atoms with Gasteiger partial charge in [-0.1, -0.05) is 6.07 Å². The van der Waals surface area contributed by atoms with Gasteiger partial charge in [-0.2, -0.15) is 18.0 Å². The predicted molar refractivity (Wildman–Crippen MR) is 75.6 cm³/mol. The molecule has 112 valence electrons. The number of nitriles is 1. The molecule has 1 aliphatic rings. The van der Waals surface area contributed by atoms with Crippen LogP contribution in [0.4, 0.5) is 5.69 Å². The molecule has 0 amide bonds. The highest BCUT2D eigenvalue weighted by Crippen LogP contribution is 2.21. The van der Waals surface area contributed by atoms with Crippen LogP contribution >= 0.6 is 0 Å². The first-order chi connectivity index (χ1) is 9.92. The highest BCUT2D eigenvalue weighted by atomic mass is 32.2. The Labute approximate surface area is 123 Å². The SMILES string of the molecule is N#Cc1cccc(NS(=O)(=O)N2CCC(C(=O)O)CC2)c1. The number of aliphatic carboxylic acids is 1. The van der Waals surface area contributed by atoms with Crippen LogP contribution in [-0.2, 0) is 15.0 Å². The summed E-state index contributed by atoms with van der Waals surface area (Å²) in [7, 11) is -3.73.